The number of hydrogen-bond donors (Lipinski definition) is 2. The standard InChI is InChI=1S/C8H14N2S/c9-8(11)10-7-5-1-2-6(7)4-3-5/h5-7H,1-4H2,(H3,9,10,11). The summed E-state index contributed by atoms with van der Waals surface area (Å²) in [6.45, 7) is 0. The van der Waals surface area contributed by atoms with Gasteiger partial charge in [-0.05, 0) is 49.7 Å². The summed E-state index contributed by atoms with van der Waals surface area (Å²) in [7, 11) is 0. The lowest BCUT2D eigenvalue weighted by Gasteiger charge is -2.16. The van der Waals surface area contributed by atoms with Crippen molar-refractivity contribution in [1.82, 2.24) is 5.32 Å². The zero-order valence-electron chi connectivity index (χ0n) is 6.55. The summed E-state index contributed by atoms with van der Waals surface area (Å²) in [5, 5.41) is 3.69. The van der Waals surface area contributed by atoms with Crippen LogP contribution in [0.25, 0.3) is 0 Å². The molecule has 0 aromatic rings. The van der Waals surface area contributed by atoms with Crippen molar-refractivity contribution in [2.45, 2.75) is 31.7 Å². The summed E-state index contributed by atoms with van der Waals surface area (Å²) in [5.74, 6) is 1.72. The Labute approximate surface area is 72.5 Å². The molecule has 11 heavy (non-hydrogen) atoms. The number of thiocarbonyl (C=S) groups is 1. The summed E-state index contributed by atoms with van der Waals surface area (Å²) in [6, 6.07) is 0.618. The number of fused-ring (bicyclic) bond motifs is 2. The van der Waals surface area contributed by atoms with Gasteiger partial charge >= 0.3 is 0 Å². The van der Waals surface area contributed by atoms with Crippen LogP contribution in [0.4, 0.5) is 0 Å². The summed E-state index contributed by atoms with van der Waals surface area (Å²) >= 11 is 4.83. The summed E-state index contributed by atoms with van der Waals surface area (Å²) in [5.41, 5.74) is 5.44. The molecule has 3 N–H and O–H groups in total. The molecule has 0 spiro atoms. The average molecular weight is 170 g/mol. The molecular formula is C8H14N2S. The van der Waals surface area contributed by atoms with Crippen LogP contribution in [0.15, 0.2) is 0 Å². The minimum absolute atomic E-state index is 0.480. The second-order valence-corrected chi connectivity index (χ2v) is 4.15. The van der Waals surface area contributed by atoms with Gasteiger partial charge in [0.25, 0.3) is 0 Å². The highest BCUT2D eigenvalue weighted by atomic mass is 32.1. The molecule has 0 aliphatic heterocycles. The van der Waals surface area contributed by atoms with Gasteiger partial charge in [0.2, 0.25) is 0 Å². The van der Waals surface area contributed by atoms with E-state index in [4.69, 9.17) is 18.0 Å². The van der Waals surface area contributed by atoms with Gasteiger partial charge in [0.1, 0.15) is 0 Å². The van der Waals surface area contributed by atoms with Gasteiger partial charge in [0.05, 0.1) is 0 Å². The first-order chi connectivity index (χ1) is 5.27. The Balaban J connectivity index is 1.99. The lowest BCUT2D eigenvalue weighted by atomic mass is 10.0. The van der Waals surface area contributed by atoms with Gasteiger partial charge in [-0.2, -0.15) is 0 Å². The Kier molecular flexibility index (Phi) is 1.75. The fourth-order valence-corrected chi connectivity index (χ4v) is 2.78. The van der Waals surface area contributed by atoms with E-state index in [-0.39, 0.29) is 0 Å². The smallest absolute Gasteiger partial charge is 0.163 e. The molecule has 0 amide bonds. The molecule has 2 aliphatic carbocycles. The molecule has 0 unspecified atom stereocenters. The van der Waals surface area contributed by atoms with E-state index >= 15 is 0 Å². The first kappa shape index (κ1) is 7.35. The number of nitrogens with one attached hydrogen (secondary N) is 1. The molecule has 0 saturated heterocycles. The van der Waals surface area contributed by atoms with E-state index in [1.807, 2.05) is 0 Å². The Bertz CT molecular complexity index is 161. The van der Waals surface area contributed by atoms with Gasteiger partial charge in [0, 0.05) is 6.04 Å². The fraction of sp³-hybridized carbons (Fsp3) is 0.875. The second kappa shape index (κ2) is 2.63. The van der Waals surface area contributed by atoms with E-state index in [0.717, 1.165) is 11.8 Å². The molecule has 2 rings (SSSR count). The van der Waals surface area contributed by atoms with Crippen LogP contribution in [-0.2, 0) is 0 Å². The Morgan fingerprint density at radius 1 is 1.18 bits per heavy atom. The van der Waals surface area contributed by atoms with E-state index < -0.39 is 0 Å². The highest BCUT2D eigenvalue weighted by Crippen LogP contribution is 2.44. The largest absolute Gasteiger partial charge is 0.376 e. The predicted molar refractivity (Wildman–Crippen MR) is 49.2 cm³/mol. The lowest BCUT2D eigenvalue weighted by molar-refractivity contribution is 0.480. The summed E-state index contributed by atoms with van der Waals surface area (Å²) < 4.78 is 0. The van der Waals surface area contributed by atoms with Crippen LogP contribution >= 0.6 is 12.2 Å². The van der Waals surface area contributed by atoms with E-state index in [9.17, 15) is 0 Å². The second-order valence-electron chi connectivity index (χ2n) is 3.71. The Hall–Kier alpha value is -0.310. The monoisotopic (exact) mass is 170 g/mol. The topological polar surface area (TPSA) is 38.0 Å². The van der Waals surface area contributed by atoms with E-state index in [1.54, 1.807) is 0 Å². The molecule has 2 bridgehead atoms. The summed E-state index contributed by atoms with van der Waals surface area (Å²) in [4.78, 5) is 0. The van der Waals surface area contributed by atoms with Crippen LogP contribution in [0.2, 0.25) is 0 Å². The van der Waals surface area contributed by atoms with Gasteiger partial charge in [0.15, 0.2) is 5.11 Å². The van der Waals surface area contributed by atoms with Crippen molar-refractivity contribution < 1.29 is 0 Å². The maximum Gasteiger partial charge on any atom is 0.163 e. The molecule has 2 nitrogen and oxygen atoms in total. The van der Waals surface area contributed by atoms with Gasteiger partial charge in [-0.15, -0.1) is 0 Å². The lowest BCUT2D eigenvalue weighted by Crippen LogP contribution is -2.41. The molecule has 0 radical (unpaired) electrons. The molecule has 2 aliphatic rings. The van der Waals surface area contributed by atoms with Crippen molar-refractivity contribution in [3.8, 4) is 0 Å². The highest BCUT2D eigenvalue weighted by Gasteiger charge is 2.41. The van der Waals surface area contributed by atoms with Crippen LogP contribution in [0.1, 0.15) is 25.7 Å². The van der Waals surface area contributed by atoms with Crippen molar-refractivity contribution in [2.75, 3.05) is 0 Å². The van der Waals surface area contributed by atoms with Gasteiger partial charge in [-0.3, -0.25) is 0 Å². The Morgan fingerprint density at radius 2 is 1.64 bits per heavy atom. The number of nitrogens with two attached hydrogens (primary N) is 1. The van der Waals surface area contributed by atoms with E-state index in [0.29, 0.717) is 11.2 Å². The third-order valence-corrected chi connectivity index (χ3v) is 3.26. The van der Waals surface area contributed by atoms with Gasteiger partial charge in [-0.1, -0.05) is 0 Å². The first-order valence-corrected chi connectivity index (χ1v) is 4.74. The van der Waals surface area contributed by atoms with Gasteiger partial charge < -0.3 is 11.1 Å². The first-order valence-electron chi connectivity index (χ1n) is 4.33. The third-order valence-electron chi connectivity index (χ3n) is 3.14. The molecule has 3 heteroatoms. The van der Waals surface area contributed by atoms with Gasteiger partial charge in [-0.25, -0.2) is 0 Å². The van der Waals surface area contributed by atoms with Crippen molar-refractivity contribution in [3.63, 3.8) is 0 Å². The molecule has 0 aromatic heterocycles. The fourth-order valence-electron chi connectivity index (χ4n) is 2.65. The van der Waals surface area contributed by atoms with Crippen molar-refractivity contribution in [3.05, 3.63) is 0 Å². The summed E-state index contributed by atoms with van der Waals surface area (Å²) in [6.07, 6.45) is 5.52. The van der Waals surface area contributed by atoms with Crippen LogP contribution in [0, 0.1) is 11.8 Å². The maximum absolute atomic E-state index is 5.44. The minimum atomic E-state index is 0.480. The normalized spacial score (nSPS) is 40.9. The number of rotatable bonds is 1. The molecule has 0 atom stereocenters. The zero-order chi connectivity index (χ0) is 7.84. The molecule has 2 saturated carbocycles. The van der Waals surface area contributed by atoms with Crippen molar-refractivity contribution >= 4 is 17.3 Å². The Morgan fingerprint density at radius 3 is 2.00 bits per heavy atom. The van der Waals surface area contributed by atoms with Crippen LogP contribution in [0.5, 0.6) is 0 Å². The molecule has 0 heterocycles. The number of hydrogen-bond acceptors (Lipinski definition) is 1. The van der Waals surface area contributed by atoms with Crippen LogP contribution in [-0.4, -0.2) is 11.2 Å². The molecule has 0 aromatic carbocycles. The quantitative estimate of drug-likeness (QED) is 0.577. The molecule has 62 valence electrons. The molecule has 2 fully saturated rings. The van der Waals surface area contributed by atoms with Crippen molar-refractivity contribution in [1.29, 1.82) is 0 Å². The zero-order valence-corrected chi connectivity index (χ0v) is 7.36. The third kappa shape index (κ3) is 1.22. The van der Waals surface area contributed by atoms with Crippen LogP contribution in [0.3, 0.4) is 0 Å². The average Bonchev–Trinajstić information content (AvgIpc) is 2.48. The van der Waals surface area contributed by atoms with Crippen LogP contribution < -0.4 is 11.1 Å². The minimum Gasteiger partial charge on any atom is -0.376 e. The predicted octanol–water partition coefficient (Wildman–Crippen LogP) is 1.01. The van der Waals surface area contributed by atoms with E-state index in [1.165, 1.54) is 25.7 Å². The maximum atomic E-state index is 5.44. The highest BCUT2D eigenvalue weighted by molar-refractivity contribution is 7.80. The van der Waals surface area contributed by atoms with Crippen molar-refractivity contribution in [2.24, 2.45) is 17.6 Å². The molecular weight excluding hydrogens is 156 g/mol. The van der Waals surface area contributed by atoms with E-state index in [2.05, 4.69) is 5.32 Å². The SMILES string of the molecule is NC(=S)NC1C2CCC1CC2.